The lowest BCUT2D eigenvalue weighted by molar-refractivity contribution is 1.47. The van der Waals surface area contributed by atoms with Crippen LogP contribution in [0.1, 0.15) is 5.56 Å². The molecule has 210 valence electrons. The normalized spacial score (nSPS) is 12.1. The Kier molecular flexibility index (Phi) is 5.34. The van der Waals surface area contributed by atoms with Gasteiger partial charge in [-0.2, -0.15) is 0 Å². The molecule has 0 radical (unpaired) electrons. The molecule has 0 bridgehead atoms. The van der Waals surface area contributed by atoms with Crippen LogP contribution in [0, 0.1) is 6.92 Å². The van der Waals surface area contributed by atoms with Crippen molar-refractivity contribution in [3.63, 3.8) is 0 Å². The van der Waals surface area contributed by atoms with E-state index in [-0.39, 0.29) is 0 Å². The number of fused-ring (bicyclic) bond motifs is 11. The summed E-state index contributed by atoms with van der Waals surface area (Å²) in [5.74, 6) is 0. The molecule has 2 heteroatoms. The lowest BCUT2D eigenvalue weighted by Crippen LogP contribution is -1.92. The fourth-order valence-corrected chi connectivity index (χ4v) is 9.99. The molecule has 0 N–H and O–H groups in total. The first-order valence-corrected chi connectivity index (χ1v) is 17.1. The van der Waals surface area contributed by atoms with Gasteiger partial charge in [0.25, 0.3) is 0 Å². The largest absolute Gasteiger partial charge is 0.135 e. The molecule has 0 amide bonds. The van der Waals surface area contributed by atoms with Crippen molar-refractivity contribution >= 4 is 95.3 Å². The van der Waals surface area contributed by atoms with Crippen LogP contribution in [0.15, 0.2) is 140 Å². The van der Waals surface area contributed by atoms with E-state index in [0.717, 1.165) is 0 Å². The quantitative estimate of drug-likeness (QED) is 0.172. The van der Waals surface area contributed by atoms with E-state index in [1.807, 2.05) is 22.7 Å². The van der Waals surface area contributed by atoms with E-state index < -0.39 is 0 Å². The maximum absolute atomic E-state index is 2.49. The second kappa shape index (κ2) is 9.49. The molecule has 0 saturated carbocycles. The van der Waals surface area contributed by atoms with Crippen molar-refractivity contribution in [2.24, 2.45) is 0 Å². The number of aryl methyl sites for hydroxylation is 1. The first-order chi connectivity index (χ1) is 22.2. The van der Waals surface area contributed by atoms with Crippen LogP contribution in [0.3, 0.4) is 0 Å². The summed E-state index contributed by atoms with van der Waals surface area (Å²) in [7, 11) is 0. The second-order valence-corrected chi connectivity index (χ2v) is 14.2. The van der Waals surface area contributed by atoms with Crippen LogP contribution in [0.5, 0.6) is 0 Å². The molecule has 45 heavy (non-hydrogen) atoms. The van der Waals surface area contributed by atoms with Gasteiger partial charge >= 0.3 is 0 Å². The molecule has 0 saturated heterocycles. The molecule has 2 aromatic heterocycles. The molecule has 10 aromatic rings. The maximum atomic E-state index is 2.49. The summed E-state index contributed by atoms with van der Waals surface area (Å²) in [5, 5.41) is 13.3. The molecule has 0 aliphatic heterocycles. The van der Waals surface area contributed by atoms with Gasteiger partial charge in [-0.15, -0.1) is 22.7 Å². The molecule has 8 aromatic carbocycles. The third-order valence-corrected chi connectivity index (χ3v) is 11.8. The maximum Gasteiger partial charge on any atom is 0.0440 e. The molecule has 0 aliphatic carbocycles. The highest BCUT2D eigenvalue weighted by molar-refractivity contribution is 7.27. The van der Waals surface area contributed by atoms with E-state index in [1.165, 1.54) is 100 Å². The van der Waals surface area contributed by atoms with Crippen LogP contribution < -0.4 is 0 Å². The fourth-order valence-electron chi connectivity index (χ4n) is 7.64. The smallest absolute Gasteiger partial charge is 0.0440 e. The van der Waals surface area contributed by atoms with Gasteiger partial charge in [-0.1, -0.05) is 121 Å². The van der Waals surface area contributed by atoms with E-state index in [4.69, 9.17) is 0 Å². The summed E-state index contributed by atoms with van der Waals surface area (Å²) in [6, 6.07) is 52.1. The van der Waals surface area contributed by atoms with Crippen LogP contribution in [0.2, 0.25) is 0 Å². The Bertz CT molecular complexity index is 2770. The monoisotopic (exact) mass is 606 g/mol. The summed E-state index contributed by atoms with van der Waals surface area (Å²) in [5.41, 5.74) is 6.50. The van der Waals surface area contributed by atoms with Gasteiger partial charge in [0.2, 0.25) is 0 Å². The third kappa shape index (κ3) is 3.58. The highest BCUT2D eigenvalue weighted by Crippen LogP contribution is 2.52. The summed E-state index contributed by atoms with van der Waals surface area (Å²) >= 11 is 3.84. The Labute approximate surface area is 268 Å². The van der Waals surface area contributed by atoms with Crippen LogP contribution in [0.4, 0.5) is 0 Å². The first-order valence-electron chi connectivity index (χ1n) is 15.4. The third-order valence-electron chi connectivity index (χ3n) is 9.47. The summed E-state index contributed by atoms with van der Waals surface area (Å²) in [6.45, 7) is 2.18. The molecular weight excluding hydrogens is 581 g/mol. The summed E-state index contributed by atoms with van der Waals surface area (Å²) in [6.07, 6.45) is 0. The number of thiophene rings is 2. The topological polar surface area (TPSA) is 0 Å². The van der Waals surface area contributed by atoms with Crippen molar-refractivity contribution in [3.05, 3.63) is 145 Å². The Morgan fingerprint density at radius 1 is 0.400 bits per heavy atom. The number of hydrogen-bond donors (Lipinski definition) is 0. The Morgan fingerprint density at radius 3 is 1.64 bits per heavy atom. The zero-order valence-corrected chi connectivity index (χ0v) is 26.2. The van der Waals surface area contributed by atoms with E-state index in [0.29, 0.717) is 0 Å². The highest BCUT2D eigenvalue weighted by atomic mass is 32.1. The van der Waals surface area contributed by atoms with Gasteiger partial charge in [0.05, 0.1) is 0 Å². The Morgan fingerprint density at radius 2 is 0.978 bits per heavy atom. The minimum atomic E-state index is 1.27. The van der Waals surface area contributed by atoms with Gasteiger partial charge in [0.1, 0.15) is 0 Å². The van der Waals surface area contributed by atoms with E-state index >= 15 is 0 Å². The minimum absolute atomic E-state index is 1.27. The van der Waals surface area contributed by atoms with Crippen molar-refractivity contribution in [1.82, 2.24) is 0 Å². The van der Waals surface area contributed by atoms with Crippen molar-refractivity contribution < 1.29 is 0 Å². The van der Waals surface area contributed by atoms with Crippen LogP contribution in [-0.2, 0) is 0 Å². The predicted octanol–water partition coefficient (Wildman–Crippen LogP) is 13.5. The minimum Gasteiger partial charge on any atom is -0.135 e. The summed E-state index contributed by atoms with van der Waals surface area (Å²) < 4.78 is 5.40. The van der Waals surface area contributed by atoms with Gasteiger partial charge in [0.15, 0.2) is 0 Å². The molecular formula is C43H26S2. The van der Waals surface area contributed by atoms with Gasteiger partial charge in [-0.25, -0.2) is 0 Å². The lowest BCUT2D eigenvalue weighted by atomic mass is 9.84. The zero-order valence-electron chi connectivity index (χ0n) is 24.6. The SMILES string of the molecule is Cc1cccc(-c2c3ccccc3c(-c3cc4ccc5sc6ccccc6c5c4c4c3sc3ccccc34)c3ccccc23)c1. The molecule has 0 unspecified atom stereocenters. The van der Waals surface area contributed by atoms with E-state index in [2.05, 4.69) is 146 Å². The van der Waals surface area contributed by atoms with E-state index in [1.54, 1.807) is 0 Å². The molecule has 0 aliphatic rings. The van der Waals surface area contributed by atoms with Crippen molar-refractivity contribution in [2.75, 3.05) is 0 Å². The molecule has 0 atom stereocenters. The average molecular weight is 607 g/mol. The van der Waals surface area contributed by atoms with Crippen molar-refractivity contribution in [2.45, 2.75) is 6.92 Å². The molecule has 0 nitrogen and oxygen atoms in total. The lowest BCUT2D eigenvalue weighted by Gasteiger charge is -2.19. The first kappa shape index (κ1) is 25.3. The van der Waals surface area contributed by atoms with Crippen LogP contribution in [0.25, 0.3) is 94.9 Å². The molecule has 2 heterocycles. The van der Waals surface area contributed by atoms with Gasteiger partial charge in [-0.3, -0.25) is 0 Å². The second-order valence-electron chi connectivity index (χ2n) is 12.1. The summed E-state index contributed by atoms with van der Waals surface area (Å²) in [4.78, 5) is 0. The van der Waals surface area contributed by atoms with Gasteiger partial charge in [0, 0.05) is 51.3 Å². The Hall–Kier alpha value is -5.02. The van der Waals surface area contributed by atoms with Gasteiger partial charge in [-0.05, 0) is 74.8 Å². The molecule has 0 spiro atoms. The van der Waals surface area contributed by atoms with Crippen LogP contribution >= 0.6 is 22.7 Å². The highest BCUT2D eigenvalue weighted by Gasteiger charge is 2.22. The molecule has 10 rings (SSSR count). The standard InChI is InChI=1S/C43H26S2/c1-25-11-10-12-26(23-25)38-28-13-2-4-15-30(28)40(31-16-5-3-14-29(31)38)34-24-27-21-22-37-41(32-17-6-8-19-35(32)44-37)39(27)42-33-18-7-9-20-36(33)45-43(34)42/h2-24H,1H3. The number of rotatable bonds is 2. The zero-order chi connectivity index (χ0) is 29.6. The predicted molar refractivity (Wildman–Crippen MR) is 200 cm³/mol. The Balaban J connectivity index is 1.44. The molecule has 0 fully saturated rings. The van der Waals surface area contributed by atoms with Crippen molar-refractivity contribution in [3.8, 4) is 22.3 Å². The fraction of sp³-hybridized carbons (Fsp3) is 0.0233. The van der Waals surface area contributed by atoms with Crippen LogP contribution in [-0.4, -0.2) is 0 Å². The number of hydrogen-bond acceptors (Lipinski definition) is 2. The average Bonchev–Trinajstić information content (AvgIpc) is 3.66. The number of benzene rings is 8. The van der Waals surface area contributed by atoms with Crippen molar-refractivity contribution in [1.29, 1.82) is 0 Å². The van der Waals surface area contributed by atoms with E-state index in [9.17, 15) is 0 Å². The van der Waals surface area contributed by atoms with Gasteiger partial charge < -0.3 is 0 Å².